The highest BCUT2D eigenvalue weighted by molar-refractivity contribution is 9.10. The van der Waals surface area contributed by atoms with Crippen molar-refractivity contribution in [1.29, 1.82) is 0 Å². The van der Waals surface area contributed by atoms with Crippen LogP contribution >= 0.6 is 39.1 Å². The molecule has 4 amide bonds. The largest absolute Gasteiger partial charge is 0.504 e. The van der Waals surface area contributed by atoms with Gasteiger partial charge in [-0.2, -0.15) is 18.2 Å². The van der Waals surface area contributed by atoms with Crippen LogP contribution in [0.15, 0.2) is 64.8 Å². The fourth-order valence-corrected chi connectivity index (χ4v) is 8.80. The summed E-state index contributed by atoms with van der Waals surface area (Å²) in [6.45, 7) is 0. The van der Waals surface area contributed by atoms with Crippen molar-refractivity contribution in [2.24, 2.45) is 23.7 Å². The molecule has 7 rings (SSSR count). The highest BCUT2D eigenvalue weighted by atomic mass is 79.9. The van der Waals surface area contributed by atoms with E-state index >= 15 is 4.79 Å². The van der Waals surface area contributed by atoms with Gasteiger partial charge in [-0.1, -0.05) is 62.9 Å². The Bertz CT molecular complexity index is 1990. The van der Waals surface area contributed by atoms with Gasteiger partial charge in [-0.05, 0) is 54.7 Å². The van der Waals surface area contributed by atoms with Crippen molar-refractivity contribution in [1.82, 2.24) is 15.3 Å². The Balaban J connectivity index is 1.48. The molecular weight excluding hydrogens is 756 g/mol. The predicted molar refractivity (Wildman–Crippen MR) is 172 cm³/mol. The summed E-state index contributed by atoms with van der Waals surface area (Å²) in [5, 5.41) is 14.6. The summed E-state index contributed by atoms with van der Waals surface area (Å²) in [5.41, 5.74) is 0.702. The molecule has 49 heavy (non-hydrogen) atoms. The van der Waals surface area contributed by atoms with Gasteiger partial charge in [0.05, 0.1) is 40.9 Å². The number of anilines is 1. The lowest BCUT2D eigenvalue weighted by Crippen LogP contribution is -2.53. The fraction of sp³-hybridized carbons (Fsp3) is 0.303. The number of nitrogens with zero attached hydrogens (tertiary/aromatic N) is 2. The zero-order valence-electron chi connectivity index (χ0n) is 25.1. The first-order chi connectivity index (χ1) is 23.2. The van der Waals surface area contributed by atoms with Crippen LogP contribution in [0.25, 0.3) is 0 Å². The molecule has 0 spiro atoms. The van der Waals surface area contributed by atoms with Crippen LogP contribution in [-0.2, 0) is 30.8 Å². The smallest absolute Gasteiger partial charge is 0.417 e. The van der Waals surface area contributed by atoms with Crippen LogP contribution in [0.5, 0.6) is 11.5 Å². The number of hydrazine groups is 1. The Kier molecular flexibility index (Phi) is 7.99. The Morgan fingerprint density at radius 1 is 1.08 bits per heavy atom. The second-order valence-corrected chi connectivity index (χ2v) is 14.1. The third kappa shape index (κ3) is 5.01. The maximum absolute atomic E-state index is 15.1. The minimum atomic E-state index is -4.75. The molecule has 0 unspecified atom stereocenters. The molecule has 2 aliphatic carbocycles. The molecule has 6 atom stereocenters. The second-order valence-electron chi connectivity index (χ2n) is 12.3. The van der Waals surface area contributed by atoms with Crippen LogP contribution in [0.1, 0.15) is 35.4 Å². The Labute approximate surface area is 294 Å². The summed E-state index contributed by atoms with van der Waals surface area (Å²) in [6, 6.07) is 10.00. The number of phenolic OH excluding ortho intramolecular Hbond substituents is 1. The number of nitrogens with one attached hydrogen (secondary N) is 2. The molecule has 3 fully saturated rings. The van der Waals surface area contributed by atoms with Crippen LogP contribution in [0.3, 0.4) is 0 Å². The van der Waals surface area contributed by atoms with E-state index in [1.807, 2.05) is 0 Å². The molecule has 1 aromatic heterocycles. The standard InChI is InChI=1S/C33H24BrCl2F3N4O6/c1-49-23-10-15(34)9-20(26(23)44)25-17-6-7-18-24(29(46)41-28(18)45)19(17)11-21-30(47)43(31(48)32(21,25)13-2-4-16(35)5-3-13)42-27-22(36)8-14(12-40-27)33(37,38)39/h2-6,8-10,12,18-19,21,24-25,44H,7,11H2,1H3,(H,40,42)(H,41,45,46)/t18-,19+,21-,24-,25+,32+/m0/s1. The number of phenols is 1. The summed E-state index contributed by atoms with van der Waals surface area (Å²) >= 11 is 15.9. The topological polar surface area (TPSA) is 138 Å². The zero-order valence-corrected chi connectivity index (χ0v) is 28.2. The number of fused-ring (bicyclic) bond motifs is 4. The van der Waals surface area contributed by atoms with Gasteiger partial charge in [-0.15, -0.1) is 0 Å². The molecule has 16 heteroatoms. The molecule has 10 nitrogen and oxygen atoms in total. The van der Waals surface area contributed by atoms with E-state index in [1.165, 1.54) is 13.2 Å². The molecule has 0 bridgehead atoms. The number of carbonyl (C=O) groups is 4. The van der Waals surface area contributed by atoms with E-state index in [0.29, 0.717) is 37.9 Å². The number of carbonyl (C=O) groups excluding carboxylic acids is 4. The van der Waals surface area contributed by atoms with Gasteiger partial charge in [0.1, 0.15) is 0 Å². The molecule has 254 valence electrons. The van der Waals surface area contributed by atoms with Gasteiger partial charge in [-0.25, -0.2) is 4.98 Å². The maximum Gasteiger partial charge on any atom is 0.417 e. The number of alkyl halides is 3. The van der Waals surface area contributed by atoms with E-state index in [2.05, 4.69) is 31.7 Å². The molecule has 0 radical (unpaired) electrons. The van der Waals surface area contributed by atoms with Gasteiger partial charge in [-0.3, -0.25) is 29.9 Å². The van der Waals surface area contributed by atoms with Crippen molar-refractivity contribution in [2.75, 3.05) is 12.5 Å². The Morgan fingerprint density at radius 3 is 2.45 bits per heavy atom. The second kappa shape index (κ2) is 11.7. The number of rotatable bonds is 5. The summed E-state index contributed by atoms with van der Waals surface area (Å²) < 4.78 is 46.0. The highest BCUT2D eigenvalue weighted by Gasteiger charge is 2.70. The van der Waals surface area contributed by atoms with Gasteiger partial charge >= 0.3 is 6.18 Å². The number of aromatic hydroxyl groups is 1. The SMILES string of the molecule is COc1cc(Br)cc([C@H]2C3=CC[C@@H]4C(=O)NC(=O)[C@@H]4[C@@H]3C[C@H]3C(=O)N(Nc4ncc(C(F)(F)F)cc4Cl)C(=O)[C@@]23c2ccc(Cl)cc2)c1O. The summed E-state index contributed by atoms with van der Waals surface area (Å²) in [6.07, 6.45) is -2.34. The number of benzene rings is 2. The monoisotopic (exact) mass is 778 g/mol. The fourth-order valence-electron chi connectivity index (χ4n) is 8.01. The van der Waals surface area contributed by atoms with Crippen molar-refractivity contribution >= 4 is 68.6 Å². The summed E-state index contributed by atoms with van der Waals surface area (Å²) in [5.74, 6) is -7.81. The quantitative estimate of drug-likeness (QED) is 0.207. The van der Waals surface area contributed by atoms with Gasteiger partial charge in [0.15, 0.2) is 17.3 Å². The number of amides is 4. The third-order valence-electron chi connectivity index (χ3n) is 10.0. The number of hydrogen-bond acceptors (Lipinski definition) is 8. The van der Waals surface area contributed by atoms with E-state index in [4.69, 9.17) is 27.9 Å². The maximum atomic E-state index is 15.1. The number of hydrogen-bond donors (Lipinski definition) is 3. The summed E-state index contributed by atoms with van der Waals surface area (Å²) in [7, 11) is 1.35. The van der Waals surface area contributed by atoms with Crippen LogP contribution in [0, 0.1) is 23.7 Å². The van der Waals surface area contributed by atoms with Crippen LogP contribution in [-0.4, -0.2) is 45.8 Å². The van der Waals surface area contributed by atoms with E-state index in [0.717, 1.165) is 0 Å². The van der Waals surface area contributed by atoms with Gasteiger partial charge in [0, 0.05) is 27.2 Å². The Morgan fingerprint density at radius 2 is 1.80 bits per heavy atom. The van der Waals surface area contributed by atoms with E-state index in [1.54, 1.807) is 36.4 Å². The first-order valence-electron chi connectivity index (χ1n) is 14.9. The molecule has 2 saturated heterocycles. The van der Waals surface area contributed by atoms with Gasteiger partial charge in [0.2, 0.25) is 11.8 Å². The molecule has 3 N–H and O–H groups in total. The third-order valence-corrected chi connectivity index (χ3v) is 11.0. The van der Waals surface area contributed by atoms with E-state index in [-0.39, 0.29) is 35.7 Å². The number of ether oxygens (including phenoxy) is 1. The molecule has 2 aromatic carbocycles. The number of allylic oxidation sites excluding steroid dienone is 2. The van der Waals surface area contributed by atoms with Crippen LogP contribution in [0.2, 0.25) is 10.0 Å². The van der Waals surface area contributed by atoms with Crippen LogP contribution < -0.4 is 15.5 Å². The Hall–Kier alpha value is -4.14. The molecule has 1 saturated carbocycles. The van der Waals surface area contributed by atoms with Crippen molar-refractivity contribution in [3.8, 4) is 11.5 Å². The summed E-state index contributed by atoms with van der Waals surface area (Å²) in [4.78, 5) is 59.6. The predicted octanol–water partition coefficient (Wildman–Crippen LogP) is 6.16. The average Bonchev–Trinajstić information content (AvgIpc) is 3.46. The van der Waals surface area contributed by atoms with E-state index in [9.17, 15) is 32.7 Å². The van der Waals surface area contributed by atoms with Crippen molar-refractivity contribution < 1.29 is 42.2 Å². The van der Waals surface area contributed by atoms with E-state index < -0.39 is 75.4 Å². The molecule has 4 aliphatic rings. The lowest BCUT2D eigenvalue weighted by Gasteiger charge is -2.50. The number of pyridine rings is 1. The number of imide groups is 2. The lowest BCUT2D eigenvalue weighted by molar-refractivity contribution is -0.139. The average molecular weight is 780 g/mol. The molecule has 3 heterocycles. The number of halogens is 6. The highest BCUT2D eigenvalue weighted by Crippen LogP contribution is 2.65. The minimum Gasteiger partial charge on any atom is -0.504 e. The molecule has 3 aromatic rings. The molecule has 2 aliphatic heterocycles. The van der Waals surface area contributed by atoms with Crippen molar-refractivity contribution in [3.05, 3.63) is 91.5 Å². The normalized spacial score (nSPS) is 27.7. The molecular formula is C33H24BrCl2F3N4O6. The van der Waals surface area contributed by atoms with Gasteiger partial charge in [0.25, 0.3) is 11.8 Å². The minimum absolute atomic E-state index is 0.0599. The lowest BCUT2D eigenvalue weighted by atomic mass is 9.49. The first kappa shape index (κ1) is 33.4. The van der Waals surface area contributed by atoms with Crippen molar-refractivity contribution in [3.63, 3.8) is 0 Å². The van der Waals surface area contributed by atoms with Gasteiger partial charge < -0.3 is 9.84 Å². The first-order valence-corrected chi connectivity index (χ1v) is 16.5. The zero-order chi connectivity index (χ0) is 35.2. The number of aromatic nitrogens is 1. The van der Waals surface area contributed by atoms with Crippen molar-refractivity contribution in [2.45, 2.75) is 30.4 Å². The number of methoxy groups -OCH3 is 1. The van der Waals surface area contributed by atoms with Crippen LogP contribution in [0.4, 0.5) is 19.0 Å².